The van der Waals surface area contributed by atoms with Crippen LogP contribution in [-0.4, -0.2) is 19.7 Å². The van der Waals surface area contributed by atoms with E-state index in [0.29, 0.717) is 5.92 Å². The molecule has 0 spiro atoms. The van der Waals surface area contributed by atoms with E-state index in [1.54, 1.807) is 0 Å². The monoisotopic (exact) mass is 266 g/mol. The zero-order chi connectivity index (χ0) is 13.4. The van der Waals surface area contributed by atoms with Crippen LogP contribution < -0.4 is 10.4 Å². The van der Waals surface area contributed by atoms with Gasteiger partial charge in [-0.1, -0.05) is 48.5 Å². The van der Waals surface area contributed by atoms with Crippen molar-refractivity contribution in [2.75, 3.05) is 24.6 Å². The fraction of sp³-hybridized carbons (Fsp3) is 0.294. The van der Waals surface area contributed by atoms with Gasteiger partial charge in [-0.2, -0.15) is 5.48 Å². The second-order valence-corrected chi connectivity index (χ2v) is 5.66. The van der Waals surface area contributed by atoms with Crippen molar-refractivity contribution < 1.29 is 4.84 Å². The van der Waals surface area contributed by atoms with Crippen molar-refractivity contribution in [1.82, 2.24) is 5.48 Å². The maximum Gasteiger partial charge on any atom is 0.0922 e. The van der Waals surface area contributed by atoms with Gasteiger partial charge >= 0.3 is 0 Å². The molecule has 0 unspecified atom stereocenters. The van der Waals surface area contributed by atoms with Crippen LogP contribution in [0.15, 0.2) is 60.7 Å². The quantitative estimate of drug-likeness (QED) is 0.904. The molecule has 3 nitrogen and oxygen atoms in total. The summed E-state index contributed by atoms with van der Waals surface area (Å²) in [5.41, 5.74) is 5.85. The Hall–Kier alpha value is -1.84. The Kier molecular flexibility index (Phi) is 2.76. The van der Waals surface area contributed by atoms with Gasteiger partial charge in [-0.05, 0) is 17.7 Å². The van der Waals surface area contributed by atoms with E-state index in [0.717, 1.165) is 19.7 Å². The van der Waals surface area contributed by atoms with Crippen LogP contribution in [0.3, 0.4) is 0 Å². The van der Waals surface area contributed by atoms with Crippen molar-refractivity contribution >= 4 is 5.69 Å². The number of rotatable bonds is 2. The molecule has 2 saturated heterocycles. The van der Waals surface area contributed by atoms with Crippen molar-refractivity contribution in [3.05, 3.63) is 66.2 Å². The number of benzene rings is 2. The summed E-state index contributed by atoms with van der Waals surface area (Å²) < 4.78 is 0. The zero-order valence-corrected chi connectivity index (χ0v) is 11.3. The number of hydroxylamine groups is 1. The van der Waals surface area contributed by atoms with Gasteiger partial charge in [0, 0.05) is 24.7 Å². The average Bonchev–Trinajstić information content (AvgIpc) is 3.07. The third-order valence-corrected chi connectivity index (χ3v) is 4.53. The summed E-state index contributed by atoms with van der Waals surface area (Å²) in [6.45, 7) is 2.76. The third kappa shape index (κ3) is 1.74. The number of nitrogens with zero attached hydrogens (tertiary/aromatic N) is 1. The molecule has 1 N–H and O–H groups in total. The molecule has 0 saturated carbocycles. The highest BCUT2D eigenvalue weighted by molar-refractivity contribution is 5.50. The Balaban J connectivity index is 1.70. The van der Waals surface area contributed by atoms with E-state index >= 15 is 0 Å². The molecule has 0 amide bonds. The van der Waals surface area contributed by atoms with Crippen molar-refractivity contribution in [2.45, 2.75) is 5.54 Å². The lowest BCUT2D eigenvalue weighted by molar-refractivity contribution is 0.0617. The molecule has 2 aromatic rings. The molecule has 102 valence electrons. The van der Waals surface area contributed by atoms with Crippen molar-refractivity contribution in [2.24, 2.45) is 5.92 Å². The summed E-state index contributed by atoms with van der Waals surface area (Å²) in [5, 5.41) is 0. The second kappa shape index (κ2) is 4.62. The van der Waals surface area contributed by atoms with Crippen LogP contribution in [0.1, 0.15) is 5.56 Å². The molecule has 0 aliphatic carbocycles. The van der Waals surface area contributed by atoms with Gasteiger partial charge in [-0.25, -0.2) is 0 Å². The van der Waals surface area contributed by atoms with E-state index in [4.69, 9.17) is 4.84 Å². The number of anilines is 1. The van der Waals surface area contributed by atoms with Gasteiger partial charge in [-0.15, -0.1) is 0 Å². The molecule has 2 heterocycles. The van der Waals surface area contributed by atoms with Crippen LogP contribution in [0.4, 0.5) is 5.69 Å². The first-order chi connectivity index (χ1) is 9.88. The maximum absolute atomic E-state index is 5.58. The van der Waals surface area contributed by atoms with Crippen LogP contribution in [0, 0.1) is 5.92 Å². The average molecular weight is 266 g/mol. The fourth-order valence-electron chi connectivity index (χ4n) is 3.46. The van der Waals surface area contributed by atoms with Gasteiger partial charge in [0.25, 0.3) is 0 Å². The Labute approximate surface area is 119 Å². The van der Waals surface area contributed by atoms with Crippen molar-refractivity contribution in [1.29, 1.82) is 0 Å². The minimum atomic E-state index is -0.0723. The molecule has 0 bridgehead atoms. The molecule has 0 radical (unpaired) electrons. The fourth-order valence-corrected chi connectivity index (χ4v) is 3.46. The molecule has 2 aliphatic rings. The van der Waals surface area contributed by atoms with Gasteiger partial charge in [-0.3, -0.25) is 0 Å². The molecule has 2 atom stereocenters. The predicted molar refractivity (Wildman–Crippen MR) is 79.4 cm³/mol. The highest BCUT2D eigenvalue weighted by atomic mass is 16.7. The SMILES string of the molecule is c1ccc(N2C[C@@H]3CON[C@]3(c3ccccc3)C2)cc1. The molecular formula is C17H18N2O. The first-order valence-corrected chi connectivity index (χ1v) is 7.13. The largest absolute Gasteiger partial charge is 0.369 e. The molecule has 2 aliphatic heterocycles. The Morgan fingerprint density at radius 2 is 1.70 bits per heavy atom. The minimum Gasteiger partial charge on any atom is -0.369 e. The highest BCUT2D eigenvalue weighted by Gasteiger charge is 2.52. The Morgan fingerprint density at radius 1 is 1.00 bits per heavy atom. The van der Waals surface area contributed by atoms with Crippen LogP contribution in [0.25, 0.3) is 0 Å². The van der Waals surface area contributed by atoms with Crippen LogP contribution in [0.2, 0.25) is 0 Å². The van der Waals surface area contributed by atoms with Gasteiger partial charge in [0.1, 0.15) is 0 Å². The molecule has 2 aromatic carbocycles. The topological polar surface area (TPSA) is 24.5 Å². The normalized spacial score (nSPS) is 28.6. The van der Waals surface area contributed by atoms with Gasteiger partial charge in [0.05, 0.1) is 12.1 Å². The smallest absolute Gasteiger partial charge is 0.0922 e. The molecule has 0 aromatic heterocycles. The number of hydrogen-bond acceptors (Lipinski definition) is 3. The summed E-state index contributed by atoms with van der Waals surface area (Å²) in [5.74, 6) is 0.491. The summed E-state index contributed by atoms with van der Waals surface area (Å²) >= 11 is 0. The molecular weight excluding hydrogens is 248 g/mol. The summed E-state index contributed by atoms with van der Waals surface area (Å²) in [6, 6.07) is 21.3. The molecule has 2 fully saturated rings. The Morgan fingerprint density at radius 3 is 2.45 bits per heavy atom. The van der Waals surface area contributed by atoms with Crippen LogP contribution in [0.5, 0.6) is 0 Å². The standard InChI is InChI=1S/C17H18N2O/c1-3-7-14(8-4-1)17-13-19(11-15(17)12-20-18-17)16-9-5-2-6-10-16/h1-10,15,18H,11-13H2/t15-,17+/m1/s1. The van der Waals surface area contributed by atoms with Crippen LogP contribution >= 0.6 is 0 Å². The van der Waals surface area contributed by atoms with E-state index in [-0.39, 0.29) is 5.54 Å². The van der Waals surface area contributed by atoms with E-state index in [9.17, 15) is 0 Å². The highest BCUT2D eigenvalue weighted by Crippen LogP contribution is 2.42. The zero-order valence-electron chi connectivity index (χ0n) is 11.3. The number of fused-ring (bicyclic) bond motifs is 1. The van der Waals surface area contributed by atoms with E-state index in [2.05, 4.69) is 71.0 Å². The van der Waals surface area contributed by atoms with Crippen molar-refractivity contribution in [3.8, 4) is 0 Å². The lowest BCUT2D eigenvalue weighted by Gasteiger charge is -2.28. The third-order valence-electron chi connectivity index (χ3n) is 4.53. The summed E-state index contributed by atoms with van der Waals surface area (Å²) in [4.78, 5) is 8.03. The summed E-state index contributed by atoms with van der Waals surface area (Å²) in [7, 11) is 0. The number of hydrogen-bond donors (Lipinski definition) is 1. The lowest BCUT2D eigenvalue weighted by atomic mass is 9.83. The summed E-state index contributed by atoms with van der Waals surface area (Å²) in [6.07, 6.45) is 0. The number of para-hydroxylation sites is 1. The molecule has 20 heavy (non-hydrogen) atoms. The lowest BCUT2D eigenvalue weighted by Crippen LogP contribution is -2.43. The molecule has 4 rings (SSSR count). The van der Waals surface area contributed by atoms with E-state index in [1.165, 1.54) is 11.3 Å². The predicted octanol–water partition coefficient (Wildman–Crippen LogP) is 2.55. The molecule has 3 heteroatoms. The van der Waals surface area contributed by atoms with Gasteiger partial charge < -0.3 is 9.74 Å². The minimum absolute atomic E-state index is 0.0723. The first-order valence-electron chi connectivity index (χ1n) is 7.13. The second-order valence-electron chi connectivity index (χ2n) is 5.66. The van der Waals surface area contributed by atoms with E-state index < -0.39 is 0 Å². The first kappa shape index (κ1) is 11.9. The van der Waals surface area contributed by atoms with Crippen LogP contribution in [-0.2, 0) is 10.4 Å². The van der Waals surface area contributed by atoms with Gasteiger partial charge in [0.15, 0.2) is 0 Å². The van der Waals surface area contributed by atoms with Gasteiger partial charge in [0.2, 0.25) is 0 Å². The van der Waals surface area contributed by atoms with E-state index in [1.807, 2.05) is 0 Å². The number of nitrogens with one attached hydrogen (secondary N) is 1. The Bertz CT molecular complexity index is 586. The van der Waals surface area contributed by atoms with Crippen molar-refractivity contribution in [3.63, 3.8) is 0 Å². The maximum atomic E-state index is 5.58.